The molecule has 1 aliphatic rings. The zero-order valence-electron chi connectivity index (χ0n) is 28.7. The second-order valence-electron chi connectivity index (χ2n) is 13.5. The number of benzene rings is 6. The highest BCUT2D eigenvalue weighted by atomic mass is 32.2. The summed E-state index contributed by atoms with van der Waals surface area (Å²) in [5.41, 5.74) is -1.30. The molecule has 16 heteroatoms. The third-order valence-electron chi connectivity index (χ3n) is 9.40. The van der Waals surface area contributed by atoms with Gasteiger partial charge in [0.1, 0.15) is 38.4 Å². The SMILES string of the molecule is CC1(C)CC(C)(c2ccc(OS(=O)(=O)c3cccc4c([O-])c([N+]#N)ccc34)cc2O)Oc2cc(OS(=O)(=O)c3cccc4c([O-])c([N+]#N)ccc34)ccc21. The molecule has 0 fully saturated rings. The predicted octanol–water partition coefficient (Wildman–Crippen LogP) is 7.33. The molecule has 0 saturated carbocycles. The van der Waals surface area contributed by atoms with E-state index in [0.29, 0.717) is 6.42 Å². The van der Waals surface area contributed by atoms with Crippen molar-refractivity contribution in [2.45, 2.75) is 48.0 Å². The molecule has 0 amide bonds. The van der Waals surface area contributed by atoms with Crippen LogP contribution in [0.3, 0.4) is 0 Å². The molecular formula is C38H28N4O10S2. The number of fused-ring (bicyclic) bond motifs is 3. The lowest BCUT2D eigenvalue weighted by Crippen LogP contribution is -2.41. The van der Waals surface area contributed by atoms with E-state index in [1.807, 2.05) is 13.8 Å². The molecule has 6 aromatic rings. The molecule has 6 aromatic carbocycles. The summed E-state index contributed by atoms with van der Waals surface area (Å²) < 4.78 is 71.3. The van der Waals surface area contributed by atoms with E-state index in [4.69, 9.17) is 23.9 Å². The summed E-state index contributed by atoms with van der Waals surface area (Å²) in [6, 6.07) is 21.6. The number of phenolic OH excluding ortho intramolecular Hbond substituents is 1. The number of hydrogen-bond acceptors (Lipinski definition) is 12. The van der Waals surface area contributed by atoms with Gasteiger partial charge >= 0.3 is 31.6 Å². The topological polar surface area (TPSA) is 219 Å². The maximum atomic E-state index is 13.5. The maximum absolute atomic E-state index is 13.5. The van der Waals surface area contributed by atoms with Crippen molar-refractivity contribution in [3.8, 4) is 34.5 Å². The first-order chi connectivity index (χ1) is 25.5. The predicted molar refractivity (Wildman–Crippen MR) is 192 cm³/mol. The second-order valence-corrected chi connectivity index (χ2v) is 16.6. The molecule has 1 heterocycles. The van der Waals surface area contributed by atoms with Gasteiger partial charge in [0.25, 0.3) is 0 Å². The van der Waals surface area contributed by atoms with Gasteiger partial charge in [-0.2, -0.15) is 16.8 Å². The van der Waals surface area contributed by atoms with E-state index in [2.05, 4.69) is 9.95 Å². The molecule has 1 aliphatic heterocycles. The molecule has 14 nitrogen and oxygen atoms in total. The van der Waals surface area contributed by atoms with Gasteiger partial charge in [-0.25, -0.2) is 0 Å². The van der Waals surface area contributed by atoms with Crippen LogP contribution in [0.2, 0.25) is 0 Å². The summed E-state index contributed by atoms with van der Waals surface area (Å²) in [4.78, 5) is 5.29. The molecule has 1 N–H and O–H groups in total. The normalized spacial score (nSPS) is 16.5. The molecule has 1 atom stereocenters. The summed E-state index contributed by atoms with van der Waals surface area (Å²) in [6.45, 7) is 5.62. The van der Waals surface area contributed by atoms with Crippen LogP contribution in [0.5, 0.6) is 34.5 Å². The van der Waals surface area contributed by atoms with Gasteiger partial charge in [-0.3, -0.25) is 0 Å². The maximum Gasteiger partial charge on any atom is 0.378 e. The van der Waals surface area contributed by atoms with Crippen molar-refractivity contribution >= 4 is 53.2 Å². The number of ether oxygens (including phenoxy) is 1. The average Bonchev–Trinajstić information content (AvgIpc) is 3.10. The smallest absolute Gasteiger partial charge is 0.378 e. The van der Waals surface area contributed by atoms with Crippen LogP contribution in [0.4, 0.5) is 11.4 Å². The molecule has 272 valence electrons. The Kier molecular flexibility index (Phi) is 8.29. The van der Waals surface area contributed by atoms with E-state index < -0.39 is 42.8 Å². The quantitative estimate of drug-likeness (QED) is 0.125. The Bertz CT molecular complexity index is 2880. The molecule has 0 aliphatic carbocycles. The first kappa shape index (κ1) is 35.8. The number of aromatic hydroxyl groups is 1. The average molecular weight is 765 g/mol. The lowest BCUT2D eigenvalue weighted by molar-refractivity contribution is -0.265. The van der Waals surface area contributed by atoms with Crippen LogP contribution < -0.4 is 23.3 Å². The molecule has 0 spiro atoms. The van der Waals surface area contributed by atoms with E-state index in [1.165, 1.54) is 84.9 Å². The van der Waals surface area contributed by atoms with E-state index in [0.717, 1.165) is 11.6 Å². The van der Waals surface area contributed by atoms with E-state index in [1.54, 1.807) is 13.0 Å². The number of diazo groups is 2. The monoisotopic (exact) mass is 764 g/mol. The van der Waals surface area contributed by atoms with Crippen LogP contribution in [0.15, 0.2) is 107 Å². The summed E-state index contributed by atoms with van der Waals surface area (Å²) >= 11 is 0. The summed E-state index contributed by atoms with van der Waals surface area (Å²) in [5, 5.41) is 54.9. The third kappa shape index (κ3) is 5.97. The number of rotatable bonds is 7. The minimum atomic E-state index is -4.53. The summed E-state index contributed by atoms with van der Waals surface area (Å²) in [5.74, 6) is -1.72. The fourth-order valence-electron chi connectivity index (χ4n) is 7.09. The summed E-state index contributed by atoms with van der Waals surface area (Å²) in [7, 11) is -9.03. The Labute approximate surface area is 308 Å². The molecule has 1 unspecified atom stereocenters. The van der Waals surface area contributed by atoms with Crippen molar-refractivity contribution in [2.24, 2.45) is 0 Å². The number of phenols is 1. The zero-order valence-corrected chi connectivity index (χ0v) is 30.3. The van der Waals surface area contributed by atoms with Gasteiger partial charge in [0, 0.05) is 52.6 Å². The van der Waals surface area contributed by atoms with Crippen LogP contribution in [0.25, 0.3) is 31.5 Å². The minimum absolute atomic E-state index is 0.00462. The van der Waals surface area contributed by atoms with Gasteiger partial charge < -0.3 is 28.4 Å². The largest absolute Gasteiger partial charge is 0.867 e. The lowest BCUT2D eigenvalue weighted by Gasteiger charge is -2.44. The Morgan fingerprint density at radius 3 is 1.63 bits per heavy atom. The highest BCUT2D eigenvalue weighted by Crippen LogP contribution is 2.52. The minimum Gasteiger partial charge on any atom is -0.867 e. The fraction of sp³-hybridized carbons (Fsp3) is 0.158. The first-order valence-corrected chi connectivity index (χ1v) is 19.0. The molecule has 0 saturated heterocycles. The van der Waals surface area contributed by atoms with Gasteiger partial charge in [0.15, 0.2) is 9.95 Å². The van der Waals surface area contributed by atoms with Crippen LogP contribution in [-0.4, -0.2) is 21.9 Å². The molecular weight excluding hydrogens is 737 g/mol. The van der Waals surface area contributed by atoms with Gasteiger partial charge in [-0.1, -0.05) is 44.2 Å². The van der Waals surface area contributed by atoms with Crippen molar-refractivity contribution < 1.29 is 45.3 Å². The summed E-state index contributed by atoms with van der Waals surface area (Å²) in [6.07, 6.45) is 0.336. The van der Waals surface area contributed by atoms with Crippen molar-refractivity contribution in [3.05, 3.63) is 118 Å². The zero-order chi connectivity index (χ0) is 38.8. The van der Waals surface area contributed by atoms with Crippen LogP contribution >= 0.6 is 0 Å². The van der Waals surface area contributed by atoms with Gasteiger partial charge in [-0.15, -0.1) is 0 Å². The molecule has 0 bridgehead atoms. The Hall–Kier alpha value is -6.62. The number of nitrogens with zero attached hydrogens (tertiary/aromatic N) is 4. The van der Waals surface area contributed by atoms with Gasteiger partial charge in [-0.05, 0) is 77.1 Å². The standard InChI is InChI=1S/C38H28N4O10S2/c1-37(2)20-38(3,27-14-10-21(18-31(27)43)51-53(46,47)33-8-4-6-25-23(33)12-16-29(41-39)35(25)44)50-32-19-22(11-15-28(32)37)52-54(48,49)34-9-5-7-26-24(34)13-17-30(42-40)36(26)45/h4-19H,20H2,1-3H3,(H-2,43,44,45). The second kappa shape index (κ2) is 12.5. The van der Waals surface area contributed by atoms with Crippen LogP contribution in [0, 0.1) is 10.8 Å². The van der Waals surface area contributed by atoms with Crippen molar-refractivity contribution in [1.29, 1.82) is 10.8 Å². The first-order valence-electron chi connectivity index (χ1n) is 16.2. The highest BCUT2D eigenvalue weighted by Gasteiger charge is 2.44. The Morgan fingerprint density at radius 1 is 0.667 bits per heavy atom. The van der Waals surface area contributed by atoms with E-state index in [-0.39, 0.29) is 71.3 Å². The Morgan fingerprint density at radius 2 is 1.15 bits per heavy atom. The number of hydrogen-bond donors (Lipinski definition) is 1. The lowest BCUT2D eigenvalue weighted by atomic mass is 9.71. The van der Waals surface area contributed by atoms with Gasteiger partial charge in [0.2, 0.25) is 10.8 Å². The third-order valence-corrected chi connectivity index (χ3v) is 12.0. The Balaban J connectivity index is 1.18. The highest BCUT2D eigenvalue weighted by molar-refractivity contribution is 7.87. The van der Waals surface area contributed by atoms with Crippen molar-refractivity contribution in [2.75, 3.05) is 0 Å². The van der Waals surface area contributed by atoms with Crippen LogP contribution in [0.1, 0.15) is 38.3 Å². The molecule has 0 aromatic heterocycles. The van der Waals surface area contributed by atoms with Crippen LogP contribution in [-0.2, 0) is 31.3 Å². The van der Waals surface area contributed by atoms with Crippen molar-refractivity contribution in [1.82, 2.24) is 0 Å². The van der Waals surface area contributed by atoms with E-state index in [9.17, 15) is 32.2 Å². The van der Waals surface area contributed by atoms with Crippen molar-refractivity contribution in [3.63, 3.8) is 0 Å². The molecule has 0 radical (unpaired) electrons. The molecule has 7 rings (SSSR count). The van der Waals surface area contributed by atoms with E-state index >= 15 is 0 Å². The van der Waals surface area contributed by atoms with Gasteiger partial charge in [0.05, 0.1) is 0 Å². The fourth-order valence-corrected chi connectivity index (χ4v) is 9.37. The molecule has 54 heavy (non-hydrogen) atoms.